The molecule has 0 N–H and O–H groups in total. The molecule has 0 unspecified atom stereocenters. The molecule has 1 aromatic rings. The van der Waals surface area contributed by atoms with E-state index in [2.05, 4.69) is 25.0 Å². The lowest BCUT2D eigenvalue weighted by Crippen LogP contribution is -2.22. The summed E-state index contributed by atoms with van der Waals surface area (Å²) in [6, 6.07) is 9.55. The summed E-state index contributed by atoms with van der Waals surface area (Å²) in [5.41, 5.74) is 0.815. The van der Waals surface area contributed by atoms with Crippen molar-refractivity contribution in [3.63, 3.8) is 0 Å². The van der Waals surface area contributed by atoms with Crippen LogP contribution in [0.5, 0.6) is 0 Å². The molecule has 0 heterocycles. The van der Waals surface area contributed by atoms with Gasteiger partial charge in [-0.15, -0.1) is 10.5 Å². The average Bonchev–Trinajstić information content (AvgIpc) is 2.18. The molecule has 0 aliphatic heterocycles. The van der Waals surface area contributed by atoms with Gasteiger partial charge in [0.25, 0.3) is 0 Å². The van der Waals surface area contributed by atoms with E-state index in [1.165, 1.54) is 0 Å². The fourth-order valence-electron chi connectivity index (χ4n) is 1.41. The minimum atomic E-state index is 0.0654. The van der Waals surface area contributed by atoms with Gasteiger partial charge in [-0.05, 0) is 12.5 Å². The van der Waals surface area contributed by atoms with Gasteiger partial charge in [-0.3, -0.25) is 4.79 Å². The first-order chi connectivity index (χ1) is 7.04. The predicted molar refractivity (Wildman–Crippen MR) is 74.4 cm³/mol. The van der Waals surface area contributed by atoms with E-state index in [1.807, 2.05) is 30.3 Å². The third-order valence-corrected chi connectivity index (χ3v) is 5.82. The molecule has 1 nitrogen and oxygen atoms in total. The lowest BCUT2D eigenvalue weighted by molar-refractivity contribution is 0.107. The van der Waals surface area contributed by atoms with Crippen molar-refractivity contribution in [1.29, 1.82) is 0 Å². The van der Waals surface area contributed by atoms with Gasteiger partial charge in [0.15, 0.2) is 0 Å². The highest BCUT2D eigenvalue weighted by Crippen LogP contribution is 2.14. The van der Waals surface area contributed by atoms with Crippen LogP contribution in [0.15, 0.2) is 30.3 Å². The fraction of sp³-hybridized carbons (Fsp3) is 0.333. The zero-order valence-electron chi connectivity index (χ0n) is 9.61. The molecule has 0 saturated heterocycles. The quantitative estimate of drug-likeness (QED) is 0.441. The molecular formula is C12H17OS2+. The highest BCUT2D eigenvalue weighted by atomic mass is 32.2. The summed E-state index contributed by atoms with van der Waals surface area (Å²) >= 11 is 0. The van der Waals surface area contributed by atoms with E-state index >= 15 is 0 Å². The van der Waals surface area contributed by atoms with E-state index in [-0.39, 0.29) is 27.2 Å². The molecule has 0 aliphatic carbocycles. The molecule has 1 aromatic carbocycles. The molecule has 0 fully saturated rings. The van der Waals surface area contributed by atoms with Gasteiger partial charge in [-0.1, -0.05) is 30.3 Å². The topological polar surface area (TPSA) is 17.1 Å². The zero-order chi connectivity index (χ0) is 11.4. The minimum absolute atomic E-state index is 0.0654. The van der Waals surface area contributed by atoms with E-state index in [4.69, 9.17) is 0 Å². The number of benzene rings is 1. The summed E-state index contributed by atoms with van der Waals surface area (Å²) in [7, 11) is 0.131. The van der Waals surface area contributed by atoms with Crippen LogP contribution in [0.1, 0.15) is 10.4 Å². The van der Waals surface area contributed by atoms with Crippen molar-refractivity contribution in [3.05, 3.63) is 35.9 Å². The van der Waals surface area contributed by atoms with E-state index < -0.39 is 0 Å². The molecule has 0 radical (unpaired) electrons. The maximum atomic E-state index is 12.2. The first-order valence-corrected chi connectivity index (χ1v) is 8.74. The Kier molecular flexibility index (Phi) is 4.61. The molecule has 0 amide bonds. The van der Waals surface area contributed by atoms with Gasteiger partial charge in [-0.25, -0.2) is 0 Å². The molecule has 82 valence electrons. The van der Waals surface area contributed by atoms with Crippen LogP contribution >= 0.6 is 10.5 Å². The Balaban J connectivity index is 3.09. The lowest BCUT2D eigenvalue weighted by atomic mass is 10.1. The summed E-state index contributed by atoms with van der Waals surface area (Å²) in [5.74, 6) is 0.220. The Morgan fingerprint density at radius 3 is 2.07 bits per heavy atom. The normalized spacial score (nSPS) is 10.8. The Hall–Kier alpha value is -0.540. The van der Waals surface area contributed by atoms with Crippen molar-refractivity contribution in [2.24, 2.45) is 0 Å². The van der Waals surface area contributed by atoms with E-state index in [0.29, 0.717) is 0 Å². The number of hydrogen-bond acceptors (Lipinski definition) is 1. The fourth-order valence-corrected chi connectivity index (χ4v) is 5.06. The van der Waals surface area contributed by atoms with Crippen LogP contribution < -0.4 is 0 Å². The van der Waals surface area contributed by atoms with E-state index in [0.717, 1.165) is 9.76 Å². The molecule has 1 rings (SSSR count). The van der Waals surface area contributed by atoms with Gasteiger partial charge in [-0.2, -0.15) is 0 Å². The van der Waals surface area contributed by atoms with Gasteiger partial charge in [0.1, 0.15) is 12.5 Å². The Morgan fingerprint density at radius 2 is 1.67 bits per heavy atom. The Labute approximate surface area is 97.2 Å². The first kappa shape index (κ1) is 12.5. The average molecular weight is 241 g/mol. The van der Waals surface area contributed by atoms with Gasteiger partial charge in [0.05, 0.1) is 0 Å². The SMILES string of the molecule is CS(C)=C(C(=O)c1ccccc1)[S+](C)C. The second kappa shape index (κ2) is 5.52. The summed E-state index contributed by atoms with van der Waals surface area (Å²) in [6.45, 7) is 0. The number of carbonyl (C=O) groups excluding carboxylic acids is 1. The van der Waals surface area contributed by atoms with Crippen LogP contribution in [0, 0.1) is 0 Å². The minimum Gasteiger partial charge on any atom is -0.283 e. The van der Waals surface area contributed by atoms with Crippen molar-refractivity contribution < 1.29 is 4.79 Å². The van der Waals surface area contributed by atoms with Gasteiger partial charge in [0.2, 0.25) is 9.98 Å². The van der Waals surface area contributed by atoms with Crippen LogP contribution in [0.25, 0.3) is 0 Å². The number of carbonyl (C=O) groups is 1. The van der Waals surface area contributed by atoms with Crippen molar-refractivity contribution in [1.82, 2.24) is 0 Å². The van der Waals surface area contributed by atoms with Crippen molar-refractivity contribution in [3.8, 4) is 0 Å². The van der Waals surface area contributed by atoms with Crippen LogP contribution in [0.3, 0.4) is 0 Å². The van der Waals surface area contributed by atoms with Crippen LogP contribution in [0.4, 0.5) is 0 Å². The van der Waals surface area contributed by atoms with E-state index in [1.54, 1.807) is 0 Å². The third-order valence-electron chi connectivity index (χ3n) is 1.96. The number of hydrogen-bond donors (Lipinski definition) is 0. The highest BCUT2D eigenvalue weighted by molar-refractivity contribution is 8.33. The molecule has 0 aromatic heterocycles. The Morgan fingerprint density at radius 1 is 1.13 bits per heavy atom. The van der Waals surface area contributed by atoms with Crippen LogP contribution in [-0.2, 0) is 10.9 Å². The first-order valence-electron chi connectivity index (χ1n) is 4.66. The summed E-state index contributed by atoms with van der Waals surface area (Å²) in [4.78, 5) is 12.2. The molecule has 0 saturated carbocycles. The van der Waals surface area contributed by atoms with Crippen molar-refractivity contribution in [2.45, 2.75) is 0 Å². The number of rotatable bonds is 2. The maximum absolute atomic E-state index is 12.2. The van der Waals surface area contributed by atoms with Gasteiger partial charge < -0.3 is 0 Å². The molecule has 0 spiro atoms. The summed E-state index contributed by atoms with van der Waals surface area (Å²) in [5, 5.41) is 0. The monoisotopic (exact) mass is 241 g/mol. The highest BCUT2D eigenvalue weighted by Gasteiger charge is 2.24. The number of Topliss-reactive ketones (excluding diaryl/α,β-unsaturated/α-hetero) is 1. The second-order valence-corrected chi connectivity index (χ2v) is 7.96. The van der Waals surface area contributed by atoms with E-state index in [9.17, 15) is 4.79 Å². The Bertz CT molecular complexity index is 376. The smallest absolute Gasteiger partial charge is 0.246 e. The molecule has 15 heavy (non-hydrogen) atoms. The number of ketones is 1. The second-order valence-electron chi connectivity index (χ2n) is 3.62. The van der Waals surface area contributed by atoms with Crippen molar-refractivity contribution >= 4 is 31.4 Å². The van der Waals surface area contributed by atoms with Gasteiger partial charge >= 0.3 is 0 Å². The molecule has 3 heteroatoms. The predicted octanol–water partition coefficient (Wildman–Crippen LogP) is 2.41. The zero-order valence-corrected chi connectivity index (χ0v) is 11.2. The van der Waals surface area contributed by atoms with Crippen molar-refractivity contribution in [2.75, 3.05) is 25.0 Å². The third kappa shape index (κ3) is 3.21. The van der Waals surface area contributed by atoms with Gasteiger partial charge in [0, 0.05) is 16.5 Å². The molecule has 0 atom stereocenters. The standard InChI is InChI=1S/C12H17OS2/c1-14(2)12(15(3)4)11(13)10-8-6-5-7-9-10/h5-9H,1-4H3/q+1. The lowest BCUT2D eigenvalue weighted by Gasteiger charge is -2.05. The molecule has 0 aliphatic rings. The summed E-state index contributed by atoms with van der Waals surface area (Å²) in [6.07, 6.45) is 8.46. The largest absolute Gasteiger partial charge is 0.283 e. The van der Waals surface area contributed by atoms with Crippen LogP contribution in [-0.4, -0.2) is 35.0 Å². The molecule has 0 bridgehead atoms. The molecular weight excluding hydrogens is 224 g/mol. The summed E-state index contributed by atoms with van der Waals surface area (Å²) < 4.78 is 1.07. The maximum Gasteiger partial charge on any atom is 0.246 e. The van der Waals surface area contributed by atoms with Crippen LogP contribution in [0.2, 0.25) is 0 Å².